The Morgan fingerprint density at radius 3 is 2.75 bits per heavy atom. The van der Waals surface area contributed by atoms with Crippen molar-refractivity contribution in [3.63, 3.8) is 0 Å². The normalized spacial score (nSPS) is 23.3. The molecule has 3 unspecified atom stereocenters. The minimum absolute atomic E-state index is 0.183. The van der Waals surface area contributed by atoms with Gasteiger partial charge in [-0.05, 0) is 52.1 Å². The lowest BCUT2D eigenvalue weighted by Gasteiger charge is -2.35. The van der Waals surface area contributed by atoms with Crippen molar-refractivity contribution in [1.82, 2.24) is 15.5 Å². The highest BCUT2D eigenvalue weighted by Crippen LogP contribution is 2.19. The monoisotopic (exact) mass is 283 g/mol. The van der Waals surface area contributed by atoms with E-state index in [1.807, 2.05) is 0 Å². The molecule has 4 heteroatoms. The molecule has 0 aromatic carbocycles. The summed E-state index contributed by atoms with van der Waals surface area (Å²) in [6, 6.07) is 0.846. The Morgan fingerprint density at radius 2 is 2.10 bits per heavy atom. The molecule has 4 nitrogen and oxygen atoms in total. The van der Waals surface area contributed by atoms with Crippen LogP contribution in [0.2, 0.25) is 0 Å². The molecule has 1 aliphatic heterocycles. The molecule has 0 bridgehead atoms. The number of nitrogens with one attached hydrogen (secondary N) is 2. The lowest BCUT2D eigenvalue weighted by atomic mass is 9.91. The summed E-state index contributed by atoms with van der Waals surface area (Å²) in [5.41, 5.74) is 0. The largest absolute Gasteiger partial charge is 0.353 e. The molecule has 1 aliphatic rings. The van der Waals surface area contributed by atoms with Crippen molar-refractivity contribution < 1.29 is 4.79 Å². The summed E-state index contributed by atoms with van der Waals surface area (Å²) < 4.78 is 0. The molecule has 0 aliphatic carbocycles. The van der Waals surface area contributed by atoms with Gasteiger partial charge < -0.3 is 10.6 Å². The second kappa shape index (κ2) is 9.35. The maximum Gasteiger partial charge on any atom is 0.234 e. The van der Waals surface area contributed by atoms with E-state index in [2.05, 4.69) is 43.2 Å². The molecular formula is C16H33N3O. The molecule has 1 amide bonds. The summed E-state index contributed by atoms with van der Waals surface area (Å²) >= 11 is 0. The van der Waals surface area contributed by atoms with E-state index in [0.717, 1.165) is 32.5 Å². The van der Waals surface area contributed by atoms with Crippen LogP contribution in [0.5, 0.6) is 0 Å². The Bertz CT molecular complexity index is 283. The number of rotatable bonds is 8. The lowest BCUT2D eigenvalue weighted by molar-refractivity contribution is -0.123. The van der Waals surface area contributed by atoms with Gasteiger partial charge in [0.1, 0.15) is 0 Å². The molecule has 0 saturated carbocycles. The first-order valence-corrected chi connectivity index (χ1v) is 8.31. The van der Waals surface area contributed by atoms with Gasteiger partial charge >= 0.3 is 0 Å². The fourth-order valence-corrected chi connectivity index (χ4v) is 3.16. The number of hydrogen-bond donors (Lipinski definition) is 2. The number of hydrogen-bond acceptors (Lipinski definition) is 3. The molecule has 0 aromatic rings. The van der Waals surface area contributed by atoms with Gasteiger partial charge in [0.05, 0.1) is 6.54 Å². The molecule has 0 aromatic heterocycles. The van der Waals surface area contributed by atoms with E-state index in [1.54, 1.807) is 0 Å². The third kappa shape index (κ3) is 6.23. The molecule has 1 fully saturated rings. The number of carbonyl (C=O) groups excluding carboxylic acids is 1. The van der Waals surface area contributed by atoms with Crippen molar-refractivity contribution in [2.45, 2.75) is 65.5 Å². The Labute approximate surface area is 124 Å². The van der Waals surface area contributed by atoms with Gasteiger partial charge in [0.2, 0.25) is 5.91 Å². The topological polar surface area (TPSA) is 44.4 Å². The first kappa shape index (κ1) is 17.4. The molecule has 118 valence electrons. The fourth-order valence-electron chi connectivity index (χ4n) is 3.16. The van der Waals surface area contributed by atoms with Crippen LogP contribution in [0.3, 0.4) is 0 Å². The standard InChI is InChI=1S/C16H33N3O/c1-5-8-13(3)18-16(20)12-19-10-7-9-15(11-19)14(4)17-6-2/h13-15,17H,5-12H2,1-4H3,(H,18,20). The number of piperidine rings is 1. The zero-order valence-corrected chi connectivity index (χ0v) is 13.7. The average molecular weight is 283 g/mol. The van der Waals surface area contributed by atoms with Crippen LogP contribution in [0.1, 0.15) is 53.4 Å². The van der Waals surface area contributed by atoms with Crippen LogP contribution >= 0.6 is 0 Å². The van der Waals surface area contributed by atoms with Gasteiger partial charge in [0, 0.05) is 18.6 Å². The van der Waals surface area contributed by atoms with Crippen LogP contribution in [0.15, 0.2) is 0 Å². The number of carbonyl (C=O) groups is 1. The minimum Gasteiger partial charge on any atom is -0.353 e. The van der Waals surface area contributed by atoms with Crippen molar-refractivity contribution in [2.75, 3.05) is 26.2 Å². The predicted octanol–water partition coefficient (Wildman–Crippen LogP) is 2.00. The van der Waals surface area contributed by atoms with Gasteiger partial charge in [-0.2, -0.15) is 0 Å². The van der Waals surface area contributed by atoms with Gasteiger partial charge in [-0.15, -0.1) is 0 Å². The Hall–Kier alpha value is -0.610. The summed E-state index contributed by atoms with van der Waals surface area (Å²) in [5, 5.41) is 6.61. The number of likely N-dealkylation sites (tertiary alicyclic amines) is 1. The molecule has 2 N–H and O–H groups in total. The van der Waals surface area contributed by atoms with E-state index in [1.165, 1.54) is 12.8 Å². The van der Waals surface area contributed by atoms with E-state index in [9.17, 15) is 4.79 Å². The molecule has 1 saturated heterocycles. The zero-order valence-electron chi connectivity index (χ0n) is 13.7. The van der Waals surface area contributed by atoms with E-state index in [0.29, 0.717) is 24.5 Å². The van der Waals surface area contributed by atoms with Gasteiger partial charge in [0.25, 0.3) is 0 Å². The second-order valence-corrected chi connectivity index (χ2v) is 6.24. The van der Waals surface area contributed by atoms with Crippen molar-refractivity contribution in [1.29, 1.82) is 0 Å². The fraction of sp³-hybridized carbons (Fsp3) is 0.938. The molecular weight excluding hydrogens is 250 g/mol. The van der Waals surface area contributed by atoms with Crippen molar-refractivity contribution >= 4 is 5.91 Å². The van der Waals surface area contributed by atoms with Gasteiger partial charge in [-0.25, -0.2) is 0 Å². The van der Waals surface area contributed by atoms with Gasteiger partial charge in [0.15, 0.2) is 0 Å². The quantitative estimate of drug-likeness (QED) is 0.716. The van der Waals surface area contributed by atoms with Crippen LogP contribution in [-0.4, -0.2) is 49.1 Å². The maximum atomic E-state index is 12.0. The molecule has 20 heavy (non-hydrogen) atoms. The predicted molar refractivity (Wildman–Crippen MR) is 84.8 cm³/mol. The number of nitrogens with zero attached hydrogens (tertiary/aromatic N) is 1. The first-order valence-electron chi connectivity index (χ1n) is 8.31. The van der Waals surface area contributed by atoms with Crippen molar-refractivity contribution in [3.05, 3.63) is 0 Å². The van der Waals surface area contributed by atoms with Crippen LogP contribution in [0.4, 0.5) is 0 Å². The van der Waals surface area contributed by atoms with Gasteiger partial charge in [-0.1, -0.05) is 20.3 Å². The zero-order chi connectivity index (χ0) is 15.0. The Kier molecular flexibility index (Phi) is 8.15. The summed E-state index contributed by atoms with van der Waals surface area (Å²) in [5.74, 6) is 0.854. The molecule has 1 heterocycles. The maximum absolute atomic E-state index is 12.0. The molecule has 3 atom stereocenters. The third-order valence-electron chi connectivity index (χ3n) is 4.27. The average Bonchev–Trinajstić information content (AvgIpc) is 2.39. The van der Waals surface area contributed by atoms with E-state index in [-0.39, 0.29) is 5.91 Å². The highest BCUT2D eigenvalue weighted by Gasteiger charge is 2.25. The van der Waals surface area contributed by atoms with E-state index in [4.69, 9.17) is 0 Å². The van der Waals surface area contributed by atoms with Crippen LogP contribution in [0.25, 0.3) is 0 Å². The minimum atomic E-state index is 0.183. The van der Waals surface area contributed by atoms with Gasteiger partial charge in [-0.3, -0.25) is 9.69 Å². The molecule has 0 spiro atoms. The third-order valence-corrected chi connectivity index (χ3v) is 4.27. The molecule has 1 rings (SSSR count). The van der Waals surface area contributed by atoms with E-state index >= 15 is 0 Å². The van der Waals surface area contributed by atoms with E-state index < -0.39 is 0 Å². The summed E-state index contributed by atoms with van der Waals surface area (Å²) in [6.45, 7) is 12.3. The van der Waals surface area contributed by atoms with Crippen LogP contribution < -0.4 is 10.6 Å². The first-order chi connectivity index (χ1) is 9.56. The smallest absolute Gasteiger partial charge is 0.234 e. The lowest BCUT2D eigenvalue weighted by Crippen LogP contribution is -2.48. The highest BCUT2D eigenvalue weighted by molar-refractivity contribution is 5.78. The van der Waals surface area contributed by atoms with Crippen LogP contribution in [0, 0.1) is 5.92 Å². The Balaban J connectivity index is 2.34. The van der Waals surface area contributed by atoms with Crippen molar-refractivity contribution in [3.8, 4) is 0 Å². The van der Waals surface area contributed by atoms with Crippen LogP contribution in [-0.2, 0) is 4.79 Å². The summed E-state index contributed by atoms with van der Waals surface area (Å²) in [7, 11) is 0. The molecule has 0 radical (unpaired) electrons. The summed E-state index contributed by atoms with van der Waals surface area (Å²) in [4.78, 5) is 14.3. The number of amides is 1. The highest BCUT2D eigenvalue weighted by atomic mass is 16.2. The SMILES string of the molecule is CCCC(C)NC(=O)CN1CCCC(C(C)NCC)C1. The van der Waals surface area contributed by atoms with Crippen molar-refractivity contribution in [2.24, 2.45) is 5.92 Å². The second-order valence-electron chi connectivity index (χ2n) is 6.24. The Morgan fingerprint density at radius 1 is 1.35 bits per heavy atom. The summed E-state index contributed by atoms with van der Waals surface area (Å²) in [6.07, 6.45) is 4.66.